The Morgan fingerprint density at radius 1 is 1.33 bits per heavy atom. The first-order valence-electron chi connectivity index (χ1n) is 6.06. The fourth-order valence-corrected chi connectivity index (χ4v) is 1.48. The summed E-state index contributed by atoms with van der Waals surface area (Å²) in [6, 6.07) is 1.70. The van der Waals surface area contributed by atoms with Crippen molar-refractivity contribution in [3.63, 3.8) is 0 Å². The molecule has 18 heavy (non-hydrogen) atoms. The predicted octanol–water partition coefficient (Wildman–Crippen LogP) is 0.536. The van der Waals surface area contributed by atoms with Crippen LogP contribution in [-0.2, 0) is 11.2 Å². The van der Waals surface area contributed by atoms with Crippen molar-refractivity contribution in [2.75, 3.05) is 37.8 Å². The van der Waals surface area contributed by atoms with Gasteiger partial charge in [0.1, 0.15) is 17.5 Å². The third-order valence-electron chi connectivity index (χ3n) is 2.63. The Bertz CT molecular complexity index is 419. The van der Waals surface area contributed by atoms with E-state index >= 15 is 0 Å². The van der Waals surface area contributed by atoms with Crippen LogP contribution in [0.15, 0.2) is 6.07 Å². The van der Waals surface area contributed by atoms with Crippen molar-refractivity contribution in [3.8, 4) is 0 Å². The Balaban J connectivity index is 2.94. The summed E-state index contributed by atoms with van der Waals surface area (Å²) in [6.45, 7) is 4.94. The second-order valence-corrected chi connectivity index (χ2v) is 4.22. The van der Waals surface area contributed by atoms with Crippen LogP contribution in [0.25, 0.3) is 0 Å². The molecule has 0 bridgehead atoms. The minimum absolute atomic E-state index is 0.0343. The average Bonchev–Trinajstić information content (AvgIpc) is 2.34. The smallest absolute Gasteiger partial charge is 0.241 e. The highest BCUT2D eigenvalue weighted by Crippen LogP contribution is 2.14. The van der Waals surface area contributed by atoms with Crippen molar-refractivity contribution >= 4 is 17.5 Å². The summed E-state index contributed by atoms with van der Waals surface area (Å²) in [5.41, 5.74) is 5.74. The second-order valence-electron chi connectivity index (χ2n) is 4.22. The summed E-state index contributed by atoms with van der Waals surface area (Å²) in [6.07, 6.45) is 0.719. The molecule has 0 atom stereocenters. The van der Waals surface area contributed by atoms with Crippen LogP contribution in [0.1, 0.15) is 19.7 Å². The molecule has 1 amide bonds. The summed E-state index contributed by atoms with van der Waals surface area (Å²) >= 11 is 0. The van der Waals surface area contributed by atoms with Gasteiger partial charge < -0.3 is 15.5 Å². The first kappa shape index (κ1) is 14.2. The summed E-state index contributed by atoms with van der Waals surface area (Å²) < 4.78 is 0. The van der Waals surface area contributed by atoms with E-state index in [-0.39, 0.29) is 5.91 Å². The third-order valence-corrected chi connectivity index (χ3v) is 2.63. The maximum atomic E-state index is 11.7. The molecule has 1 rings (SSSR count). The molecule has 1 aromatic rings. The molecular weight excluding hydrogens is 230 g/mol. The number of aromatic nitrogens is 2. The molecule has 0 fully saturated rings. The van der Waals surface area contributed by atoms with Crippen LogP contribution in [0.3, 0.4) is 0 Å². The summed E-state index contributed by atoms with van der Waals surface area (Å²) in [4.78, 5) is 23.7. The standard InChI is InChI=1S/C12H21N5O/c1-5-10-14-9(13)7-11(15-10)17(6-2)8-12(18)16(3)4/h7H,5-6,8H2,1-4H3,(H2,13,14,15). The third kappa shape index (κ3) is 3.58. The highest BCUT2D eigenvalue weighted by molar-refractivity contribution is 5.80. The highest BCUT2D eigenvalue weighted by atomic mass is 16.2. The van der Waals surface area contributed by atoms with E-state index in [1.807, 2.05) is 18.7 Å². The number of amides is 1. The zero-order chi connectivity index (χ0) is 13.7. The molecule has 1 heterocycles. The quantitative estimate of drug-likeness (QED) is 0.826. The van der Waals surface area contributed by atoms with E-state index in [9.17, 15) is 4.79 Å². The van der Waals surface area contributed by atoms with Gasteiger partial charge in [0, 0.05) is 33.1 Å². The van der Waals surface area contributed by atoms with Gasteiger partial charge in [0.2, 0.25) is 5.91 Å². The van der Waals surface area contributed by atoms with Crippen molar-refractivity contribution in [2.45, 2.75) is 20.3 Å². The second kappa shape index (κ2) is 6.18. The molecule has 0 aliphatic rings. The van der Waals surface area contributed by atoms with Crippen LogP contribution in [0.4, 0.5) is 11.6 Å². The Kier molecular flexibility index (Phi) is 4.88. The van der Waals surface area contributed by atoms with Gasteiger partial charge in [-0.1, -0.05) is 6.92 Å². The lowest BCUT2D eigenvalue weighted by molar-refractivity contribution is -0.127. The molecule has 0 saturated carbocycles. The van der Waals surface area contributed by atoms with Gasteiger partial charge in [0.25, 0.3) is 0 Å². The first-order chi connectivity index (χ1) is 8.47. The van der Waals surface area contributed by atoms with Gasteiger partial charge >= 0.3 is 0 Å². The van der Waals surface area contributed by atoms with Crippen LogP contribution < -0.4 is 10.6 Å². The van der Waals surface area contributed by atoms with E-state index in [1.54, 1.807) is 25.1 Å². The van der Waals surface area contributed by atoms with Crippen LogP contribution in [0, 0.1) is 0 Å². The fourth-order valence-electron chi connectivity index (χ4n) is 1.48. The summed E-state index contributed by atoms with van der Waals surface area (Å²) in [5, 5.41) is 0. The normalized spacial score (nSPS) is 10.2. The van der Waals surface area contributed by atoms with Crippen LogP contribution in [-0.4, -0.2) is 48.0 Å². The maximum Gasteiger partial charge on any atom is 0.241 e. The SMILES string of the molecule is CCc1nc(N)cc(N(CC)CC(=O)N(C)C)n1. The Labute approximate surface area is 108 Å². The van der Waals surface area contributed by atoms with E-state index in [4.69, 9.17) is 5.73 Å². The van der Waals surface area contributed by atoms with Crippen molar-refractivity contribution < 1.29 is 4.79 Å². The number of nitrogens with two attached hydrogens (primary N) is 1. The molecule has 1 aromatic heterocycles. The lowest BCUT2D eigenvalue weighted by atomic mass is 10.3. The fraction of sp³-hybridized carbons (Fsp3) is 0.583. The van der Waals surface area contributed by atoms with Crippen molar-refractivity contribution in [1.82, 2.24) is 14.9 Å². The van der Waals surface area contributed by atoms with E-state index < -0.39 is 0 Å². The topological polar surface area (TPSA) is 75.3 Å². The highest BCUT2D eigenvalue weighted by Gasteiger charge is 2.14. The van der Waals surface area contributed by atoms with Crippen LogP contribution in [0.2, 0.25) is 0 Å². The van der Waals surface area contributed by atoms with Crippen molar-refractivity contribution in [1.29, 1.82) is 0 Å². The van der Waals surface area contributed by atoms with Gasteiger partial charge in [0.05, 0.1) is 6.54 Å². The summed E-state index contributed by atoms with van der Waals surface area (Å²) in [7, 11) is 3.48. The number of nitrogens with zero attached hydrogens (tertiary/aromatic N) is 4. The van der Waals surface area contributed by atoms with Crippen molar-refractivity contribution in [2.24, 2.45) is 0 Å². The lowest BCUT2D eigenvalue weighted by Gasteiger charge is -2.23. The Hall–Kier alpha value is -1.85. The Morgan fingerprint density at radius 2 is 2.00 bits per heavy atom. The lowest BCUT2D eigenvalue weighted by Crippen LogP contribution is -2.37. The largest absolute Gasteiger partial charge is 0.384 e. The number of nitrogen functional groups attached to an aromatic ring is 1. The molecule has 0 aliphatic heterocycles. The predicted molar refractivity (Wildman–Crippen MR) is 72.4 cm³/mol. The summed E-state index contributed by atoms with van der Waals surface area (Å²) in [5.74, 6) is 1.87. The molecule has 100 valence electrons. The monoisotopic (exact) mass is 251 g/mol. The minimum Gasteiger partial charge on any atom is -0.384 e. The Morgan fingerprint density at radius 3 is 2.50 bits per heavy atom. The molecule has 0 saturated heterocycles. The number of anilines is 2. The van der Waals surface area contributed by atoms with Crippen LogP contribution in [0.5, 0.6) is 0 Å². The van der Waals surface area contributed by atoms with Gasteiger partial charge in [-0.25, -0.2) is 9.97 Å². The number of carbonyl (C=O) groups excluding carboxylic acids is 1. The van der Waals surface area contributed by atoms with Gasteiger partial charge in [-0.05, 0) is 6.92 Å². The van der Waals surface area contributed by atoms with Gasteiger partial charge in [-0.2, -0.15) is 0 Å². The average molecular weight is 251 g/mol. The van der Waals surface area contributed by atoms with E-state index in [1.165, 1.54) is 0 Å². The van der Waals surface area contributed by atoms with E-state index in [0.29, 0.717) is 30.5 Å². The number of hydrogen-bond acceptors (Lipinski definition) is 5. The van der Waals surface area contributed by atoms with Crippen molar-refractivity contribution in [3.05, 3.63) is 11.9 Å². The van der Waals surface area contributed by atoms with Gasteiger partial charge in [-0.3, -0.25) is 4.79 Å². The first-order valence-corrected chi connectivity index (χ1v) is 6.06. The zero-order valence-corrected chi connectivity index (χ0v) is 11.5. The zero-order valence-electron chi connectivity index (χ0n) is 11.5. The van der Waals surface area contributed by atoms with Gasteiger partial charge in [0.15, 0.2) is 0 Å². The minimum atomic E-state index is 0.0343. The van der Waals surface area contributed by atoms with Gasteiger partial charge in [-0.15, -0.1) is 0 Å². The molecule has 0 unspecified atom stereocenters. The maximum absolute atomic E-state index is 11.7. The molecule has 2 N–H and O–H groups in total. The number of rotatable bonds is 5. The molecule has 0 aromatic carbocycles. The molecule has 6 nitrogen and oxygen atoms in total. The molecular formula is C12H21N5O. The number of aryl methyl sites for hydroxylation is 1. The van der Waals surface area contributed by atoms with Crippen LogP contribution >= 0.6 is 0 Å². The molecule has 0 aliphatic carbocycles. The number of carbonyl (C=O) groups is 1. The molecule has 6 heteroatoms. The number of hydrogen-bond donors (Lipinski definition) is 1. The van der Waals surface area contributed by atoms with E-state index in [2.05, 4.69) is 9.97 Å². The molecule has 0 spiro atoms. The number of likely N-dealkylation sites (N-methyl/N-ethyl adjacent to an activating group) is 2. The molecule has 0 radical (unpaired) electrons. The van der Waals surface area contributed by atoms with E-state index in [0.717, 1.165) is 6.42 Å².